The van der Waals surface area contributed by atoms with Crippen LogP contribution in [-0.2, 0) is 0 Å². The van der Waals surface area contributed by atoms with Crippen LogP contribution in [0.1, 0.15) is 5.56 Å². The van der Waals surface area contributed by atoms with Gasteiger partial charge in [0.15, 0.2) is 5.82 Å². The highest BCUT2D eigenvalue weighted by Gasteiger charge is 2.12. The van der Waals surface area contributed by atoms with E-state index in [0.29, 0.717) is 5.82 Å². The van der Waals surface area contributed by atoms with Crippen LogP contribution in [0, 0.1) is 0 Å². The Hall–Kier alpha value is -3.12. The summed E-state index contributed by atoms with van der Waals surface area (Å²) in [5, 5.41) is 7.38. The fourth-order valence-electron chi connectivity index (χ4n) is 2.41. The molecule has 0 spiro atoms. The third-order valence-corrected chi connectivity index (χ3v) is 4.43. The largest absolute Gasteiger partial charge is 0.265 e. The number of nitrogens with one attached hydrogen (secondary N) is 1. The Morgan fingerprint density at radius 2 is 1.83 bits per heavy atom. The first-order chi connectivity index (χ1) is 11.9. The summed E-state index contributed by atoms with van der Waals surface area (Å²) >= 11 is 1.60. The summed E-state index contributed by atoms with van der Waals surface area (Å²) in [7, 11) is 0. The van der Waals surface area contributed by atoms with Gasteiger partial charge in [-0.1, -0.05) is 30.3 Å². The van der Waals surface area contributed by atoms with E-state index < -0.39 is 0 Å². The van der Waals surface area contributed by atoms with E-state index in [4.69, 9.17) is 0 Å². The summed E-state index contributed by atoms with van der Waals surface area (Å²) in [5.41, 5.74) is 6.25. The van der Waals surface area contributed by atoms with Gasteiger partial charge in [-0.3, -0.25) is 10.4 Å². The number of rotatable bonds is 4. The van der Waals surface area contributed by atoms with Crippen molar-refractivity contribution in [3.8, 4) is 11.1 Å². The van der Waals surface area contributed by atoms with E-state index in [-0.39, 0.29) is 0 Å². The third kappa shape index (κ3) is 2.87. The molecule has 0 fully saturated rings. The Labute approximate surface area is 142 Å². The summed E-state index contributed by atoms with van der Waals surface area (Å²) < 4.78 is 0. The van der Waals surface area contributed by atoms with Gasteiger partial charge in [-0.05, 0) is 23.3 Å². The Morgan fingerprint density at radius 1 is 1.00 bits per heavy atom. The highest BCUT2D eigenvalue weighted by molar-refractivity contribution is 7.17. The topological polar surface area (TPSA) is 63.1 Å². The standard InChI is InChI=1S/C18H13N5S/c1-2-4-14(5-3-1)15-11-24-18-16(15)17(20-12-21-18)23-22-10-13-6-8-19-9-7-13/h1-12H,(H,20,21,23)/b22-10-. The minimum absolute atomic E-state index is 0.699. The second kappa shape index (κ2) is 6.55. The molecule has 0 saturated heterocycles. The number of thiophene rings is 1. The van der Waals surface area contributed by atoms with E-state index in [2.05, 4.69) is 43.0 Å². The van der Waals surface area contributed by atoms with Gasteiger partial charge in [-0.2, -0.15) is 5.10 Å². The van der Waals surface area contributed by atoms with Crippen molar-refractivity contribution in [2.45, 2.75) is 0 Å². The SMILES string of the molecule is C(=N/Nc1ncnc2scc(-c3ccccc3)c12)/c1ccncc1. The first-order valence-corrected chi connectivity index (χ1v) is 8.26. The molecule has 0 aliphatic heterocycles. The van der Waals surface area contributed by atoms with Gasteiger partial charge in [0.25, 0.3) is 0 Å². The number of aromatic nitrogens is 3. The molecule has 3 aromatic heterocycles. The minimum atomic E-state index is 0.699. The van der Waals surface area contributed by atoms with E-state index in [9.17, 15) is 0 Å². The molecule has 0 saturated carbocycles. The van der Waals surface area contributed by atoms with Crippen LogP contribution in [0.5, 0.6) is 0 Å². The average molecular weight is 331 g/mol. The molecule has 4 rings (SSSR count). The zero-order valence-corrected chi connectivity index (χ0v) is 13.4. The molecule has 0 amide bonds. The van der Waals surface area contributed by atoms with Crippen LogP contribution in [0.25, 0.3) is 21.3 Å². The zero-order chi connectivity index (χ0) is 16.2. The lowest BCUT2D eigenvalue weighted by Gasteiger charge is -2.04. The summed E-state index contributed by atoms with van der Waals surface area (Å²) in [6.45, 7) is 0. The van der Waals surface area contributed by atoms with Crippen molar-refractivity contribution >= 4 is 33.6 Å². The monoisotopic (exact) mass is 331 g/mol. The van der Waals surface area contributed by atoms with Gasteiger partial charge < -0.3 is 0 Å². The van der Waals surface area contributed by atoms with Crippen molar-refractivity contribution in [3.63, 3.8) is 0 Å². The number of pyridine rings is 1. The average Bonchev–Trinajstić information content (AvgIpc) is 3.08. The molecular weight excluding hydrogens is 318 g/mol. The maximum atomic E-state index is 4.36. The molecule has 4 aromatic rings. The zero-order valence-electron chi connectivity index (χ0n) is 12.6. The number of hydrazone groups is 1. The number of anilines is 1. The molecule has 1 N–H and O–H groups in total. The number of hydrogen-bond donors (Lipinski definition) is 1. The van der Waals surface area contributed by atoms with Crippen LogP contribution in [0.2, 0.25) is 0 Å². The molecular formula is C18H13N5S. The molecule has 0 unspecified atom stereocenters. The number of benzene rings is 1. The molecule has 3 heterocycles. The first kappa shape index (κ1) is 14.5. The van der Waals surface area contributed by atoms with Gasteiger partial charge in [0.05, 0.1) is 11.6 Å². The third-order valence-electron chi connectivity index (χ3n) is 3.55. The molecule has 6 heteroatoms. The van der Waals surface area contributed by atoms with Crippen LogP contribution in [0.15, 0.2) is 71.7 Å². The van der Waals surface area contributed by atoms with Gasteiger partial charge in [0.1, 0.15) is 11.2 Å². The highest BCUT2D eigenvalue weighted by Crippen LogP contribution is 2.36. The quantitative estimate of drug-likeness (QED) is 0.450. The number of fused-ring (bicyclic) bond motifs is 1. The predicted molar refractivity (Wildman–Crippen MR) is 98.3 cm³/mol. The maximum Gasteiger partial charge on any atom is 0.159 e. The van der Waals surface area contributed by atoms with Crippen LogP contribution in [-0.4, -0.2) is 21.2 Å². The fourth-order valence-corrected chi connectivity index (χ4v) is 3.32. The molecule has 0 bridgehead atoms. The van der Waals surface area contributed by atoms with Gasteiger partial charge >= 0.3 is 0 Å². The minimum Gasteiger partial charge on any atom is -0.265 e. The van der Waals surface area contributed by atoms with E-state index in [0.717, 1.165) is 26.9 Å². The normalized spacial score (nSPS) is 11.2. The molecule has 5 nitrogen and oxygen atoms in total. The Kier molecular flexibility index (Phi) is 3.95. The highest BCUT2D eigenvalue weighted by atomic mass is 32.1. The summed E-state index contributed by atoms with van der Waals surface area (Å²) in [5.74, 6) is 0.699. The van der Waals surface area contributed by atoms with Gasteiger partial charge in [-0.15, -0.1) is 11.3 Å². The summed E-state index contributed by atoms with van der Waals surface area (Å²) in [6.07, 6.45) is 6.76. The predicted octanol–water partition coefficient (Wildman–Crippen LogP) is 4.20. The molecule has 1 aromatic carbocycles. The Balaban J connectivity index is 1.71. The maximum absolute atomic E-state index is 4.36. The van der Waals surface area contributed by atoms with Crippen molar-refractivity contribution in [1.29, 1.82) is 0 Å². The Bertz CT molecular complexity index is 980. The fraction of sp³-hybridized carbons (Fsp3) is 0. The van der Waals surface area contributed by atoms with E-state index in [1.54, 1.807) is 36.3 Å². The summed E-state index contributed by atoms with van der Waals surface area (Å²) in [4.78, 5) is 13.6. The number of nitrogens with zero attached hydrogens (tertiary/aromatic N) is 4. The van der Waals surface area contributed by atoms with Crippen molar-refractivity contribution in [3.05, 3.63) is 72.1 Å². The van der Waals surface area contributed by atoms with Crippen LogP contribution < -0.4 is 5.43 Å². The van der Waals surface area contributed by atoms with E-state index in [1.807, 2.05) is 30.3 Å². The Morgan fingerprint density at radius 3 is 2.67 bits per heavy atom. The molecule has 0 atom stereocenters. The van der Waals surface area contributed by atoms with Gasteiger partial charge in [-0.25, -0.2) is 9.97 Å². The van der Waals surface area contributed by atoms with Crippen LogP contribution in [0.4, 0.5) is 5.82 Å². The van der Waals surface area contributed by atoms with Crippen molar-refractivity contribution in [1.82, 2.24) is 15.0 Å². The second-order valence-electron chi connectivity index (χ2n) is 5.07. The first-order valence-electron chi connectivity index (χ1n) is 7.38. The van der Waals surface area contributed by atoms with Crippen LogP contribution in [0.3, 0.4) is 0 Å². The van der Waals surface area contributed by atoms with E-state index in [1.165, 1.54) is 0 Å². The van der Waals surface area contributed by atoms with Gasteiger partial charge in [0, 0.05) is 23.3 Å². The second-order valence-corrected chi connectivity index (χ2v) is 5.93. The molecule has 0 aliphatic rings. The molecule has 0 radical (unpaired) electrons. The van der Waals surface area contributed by atoms with E-state index >= 15 is 0 Å². The molecule has 24 heavy (non-hydrogen) atoms. The van der Waals surface area contributed by atoms with Crippen LogP contribution >= 0.6 is 11.3 Å². The lowest BCUT2D eigenvalue weighted by atomic mass is 10.1. The number of hydrogen-bond acceptors (Lipinski definition) is 6. The molecule has 0 aliphatic carbocycles. The van der Waals surface area contributed by atoms with Crippen molar-refractivity contribution < 1.29 is 0 Å². The smallest absolute Gasteiger partial charge is 0.159 e. The van der Waals surface area contributed by atoms with Crippen molar-refractivity contribution in [2.75, 3.05) is 5.43 Å². The molecule has 116 valence electrons. The van der Waals surface area contributed by atoms with Gasteiger partial charge in [0.2, 0.25) is 0 Å². The van der Waals surface area contributed by atoms with Crippen molar-refractivity contribution in [2.24, 2.45) is 5.10 Å². The lowest BCUT2D eigenvalue weighted by molar-refractivity contribution is 1.19. The lowest BCUT2D eigenvalue weighted by Crippen LogP contribution is -1.95. The summed E-state index contributed by atoms with van der Waals surface area (Å²) in [6, 6.07) is 14.0.